The Morgan fingerprint density at radius 1 is 1.16 bits per heavy atom. The summed E-state index contributed by atoms with van der Waals surface area (Å²) >= 11 is 6.59. The van der Waals surface area contributed by atoms with Crippen molar-refractivity contribution in [2.75, 3.05) is 19.9 Å². The highest BCUT2D eigenvalue weighted by Gasteiger charge is 2.32. The maximum atomic E-state index is 12.8. The lowest BCUT2D eigenvalue weighted by atomic mass is 10.2. The largest absolute Gasteiger partial charge is 0.454 e. The second kappa shape index (κ2) is 8.09. The molecule has 0 radical (unpaired) electrons. The van der Waals surface area contributed by atoms with Crippen molar-refractivity contribution in [3.63, 3.8) is 0 Å². The third-order valence-corrected chi connectivity index (χ3v) is 6.22. The molecule has 156 valence electrons. The van der Waals surface area contributed by atoms with Crippen molar-refractivity contribution in [2.45, 2.75) is 0 Å². The average Bonchev–Trinajstić information content (AvgIpc) is 3.47. The molecule has 2 amide bonds. The van der Waals surface area contributed by atoms with E-state index in [1.165, 1.54) is 16.7 Å². The maximum Gasteiger partial charge on any atom is 0.287 e. The van der Waals surface area contributed by atoms with Crippen LogP contribution in [0.1, 0.15) is 16.1 Å². The summed E-state index contributed by atoms with van der Waals surface area (Å²) in [7, 11) is 0. The Morgan fingerprint density at radius 3 is 2.87 bits per heavy atom. The highest BCUT2D eigenvalue weighted by atomic mass is 32.2. The summed E-state index contributed by atoms with van der Waals surface area (Å²) in [6.07, 6.45) is 1.77. The number of thioether (sulfide) groups is 1. The van der Waals surface area contributed by atoms with Crippen LogP contribution < -0.4 is 14.8 Å². The summed E-state index contributed by atoms with van der Waals surface area (Å²) in [4.78, 5) is 27.2. The van der Waals surface area contributed by atoms with E-state index < -0.39 is 0 Å². The molecule has 1 aromatic heterocycles. The molecule has 0 spiro atoms. The number of nitrogens with one attached hydrogen (secondary N) is 1. The highest BCUT2D eigenvalue weighted by molar-refractivity contribution is 8.26. The molecular formula is C22H16N2O5S2. The van der Waals surface area contributed by atoms with Gasteiger partial charge >= 0.3 is 0 Å². The van der Waals surface area contributed by atoms with Crippen LogP contribution in [0.5, 0.6) is 11.5 Å². The normalized spacial score (nSPS) is 16.5. The van der Waals surface area contributed by atoms with Crippen LogP contribution in [0.15, 0.2) is 57.9 Å². The van der Waals surface area contributed by atoms with Crippen molar-refractivity contribution in [1.29, 1.82) is 0 Å². The Bertz CT molecular complexity index is 1220. The number of rotatable bonds is 5. The molecule has 0 aliphatic carbocycles. The number of amides is 2. The number of nitrogens with zero attached hydrogens (tertiary/aromatic N) is 1. The first-order valence-corrected chi connectivity index (χ1v) is 10.7. The molecule has 0 bridgehead atoms. The zero-order chi connectivity index (χ0) is 21.4. The number of hydrogen-bond acceptors (Lipinski definition) is 7. The van der Waals surface area contributed by atoms with Gasteiger partial charge in [0, 0.05) is 18.5 Å². The van der Waals surface area contributed by atoms with E-state index in [-0.39, 0.29) is 37.5 Å². The summed E-state index contributed by atoms with van der Waals surface area (Å²) in [5.41, 5.74) is 1.47. The fourth-order valence-electron chi connectivity index (χ4n) is 3.31. The molecule has 3 aromatic rings. The fraction of sp³-hybridized carbons (Fsp3) is 0.136. The van der Waals surface area contributed by atoms with E-state index in [0.717, 1.165) is 10.9 Å². The van der Waals surface area contributed by atoms with Crippen molar-refractivity contribution in [2.24, 2.45) is 0 Å². The second-order valence-corrected chi connectivity index (χ2v) is 8.53. The molecule has 2 aliphatic heterocycles. The fourth-order valence-corrected chi connectivity index (χ4v) is 4.62. The van der Waals surface area contributed by atoms with E-state index in [2.05, 4.69) is 5.32 Å². The summed E-state index contributed by atoms with van der Waals surface area (Å²) in [5, 5.41) is 3.63. The summed E-state index contributed by atoms with van der Waals surface area (Å²) in [6.45, 7) is 0.718. The smallest absolute Gasteiger partial charge is 0.287 e. The number of benzene rings is 2. The first-order chi connectivity index (χ1) is 15.1. The van der Waals surface area contributed by atoms with Gasteiger partial charge < -0.3 is 19.2 Å². The topological polar surface area (TPSA) is 81.0 Å². The molecule has 2 aliphatic rings. The molecule has 0 unspecified atom stereocenters. The number of hydrogen-bond donors (Lipinski definition) is 1. The first-order valence-electron chi connectivity index (χ1n) is 9.50. The molecule has 1 saturated heterocycles. The van der Waals surface area contributed by atoms with E-state index in [1.807, 2.05) is 36.4 Å². The molecule has 31 heavy (non-hydrogen) atoms. The third kappa shape index (κ3) is 3.89. The van der Waals surface area contributed by atoms with Gasteiger partial charge in [-0.05, 0) is 35.9 Å². The van der Waals surface area contributed by atoms with Gasteiger partial charge in [0.05, 0.1) is 4.91 Å². The van der Waals surface area contributed by atoms with Gasteiger partial charge in [0.15, 0.2) is 17.3 Å². The third-order valence-electron chi connectivity index (χ3n) is 4.84. The van der Waals surface area contributed by atoms with Gasteiger partial charge in [-0.2, -0.15) is 0 Å². The Labute approximate surface area is 187 Å². The Hall–Kier alpha value is -3.30. The van der Waals surface area contributed by atoms with Gasteiger partial charge in [0.1, 0.15) is 9.90 Å². The van der Waals surface area contributed by atoms with Crippen LogP contribution >= 0.6 is 24.0 Å². The van der Waals surface area contributed by atoms with Gasteiger partial charge in [-0.1, -0.05) is 48.2 Å². The number of para-hydroxylation sites is 1. The molecule has 9 heteroatoms. The molecule has 2 aromatic carbocycles. The maximum absolute atomic E-state index is 12.8. The molecule has 0 atom stereocenters. The van der Waals surface area contributed by atoms with Crippen molar-refractivity contribution < 1.29 is 23.5 Å². The van der Waals surface area contributed by atoms with Crippen LogP contribution in [0.4, 0.5) is 0 Å². The van der Waals surface area contributed by atoms with Gasteiger partial charge in [-0.25, -0.2) is 0 Å². The number of furan rings is 1. The quantitative estimate of drug-likeness (QED) is 0.466. The van der Waals surface area contributed by atoms with Gasteiger partial charge in [0.2, 0.25) is 6.79 Å². The van der Waals surface area contributed by atoms with E-state index in [4.69, 9.17) is 26.1 Å². The number of carbonyl (C=O) groups excluding carboxylic acids is 2. The number of carbonyl (C=O) groups is 2. The Morgan fingerprint density at radius 2 is 2.00 bits per heavy atom. The lowest BCUT2D eigenvalue weighted by Gasteiger charge is -2.14. The zero-order valence-electron chi connectivity index (χ0n) is 16.1. The van der Waals surface area contributed by atoms with E-state index in [1.54, 1.807) is 18.2 Å². The standard InChI is InChI=1S/C22H16N2O5S2/c25-20(18-11-14-3-1-2-4-15(14)29-18)23-7-8-24-21(26)19(31-22(24)30)10-13-5-6-16-17(9-13)28-12-27-16/h1-6,9-11H,7-8,12H2,(H,23,25)/b19-10+. The van der Waals surface area contributed by atoms with E-state index >= 15 is 0 Å². The minimum atomic E-state index is -0.336. The lowest BCUT2D eigenvalue weighted by molar-refractivity contribution is -0.122. The minimum absolute atomic E-state index is 0.189. The van der Waals surface area contributed by atoms with Crippen LogP contribution in [-0.2, 0) is 4.79 Å². The lowest BCUT2D eigenvalue weighted by Crippen LogP contribution is -2.37. The Balaban J connectivity index is 1.21. The highest BCUT2D eigenvalue weighted by Crippen LogP contribution is 2.36. The van der Waals surface area contributed by atoms with Gasteiger partial charge in [-0.3, -0.25) is 14.5 Å². The van der Waals surface area contributed by atoms with Crippen molar-refractivity contribution >= 4 is 57.2 Å². The molecule has 0 saturated carbocycles. The molecule has 5 rings (SSSR count). The first kappa shape index (κ1) is 19.7. The summed E-state index contributed by atoms with van der Waals surface area (Å²) in [5.74, 6) is 1.04. The van der Waals surface area contributed by atoms with Crippen LogP contribution in [0, 0.1) is 0 Å². The van der Waals surface area contributed by atoms with Crippen molar-refractivity contribution in [3.05, 3.63) is 64.8 Å². The number of thiocarbonyl (C=S) groups is 1. The predicted molar refractivity (Wildman–Crippen MR) is 121 cm³/mol. The molecular weight excluding hydrogens is 436 g/mol. The van der Waals surface area contributed by atoms with Crippen LogP contribution in [0.2, 0.25) is 0 Å². The van der Waals surface area contributed by atoms with Crippen molar-refractivity contribution in [3.8, 4) is 11.5 Å². The van der Waals surface area contributed by atoms with Crippen LogP contribution in [-0.4, -0.2) is 40.9 Å². The minimum Gasteiger partial charge on any atom is -0.454 e. The number of fused-ring (bicyclic) bond motifs is 2. The average molecular weight is 453 g/mol. The molecule has 7 nitrogen and oxygen atoms in total. The number of ether oxygens (including phenoxy) is 2. The van der Waals surface area contributed by atoms with E-state index in [9.17, 15) is 9.59 Å². The zero-order valence-corrected chi connectivity index (χ0v) is 17.8. The van der Waals surface area contributed by atoms with Gasteiger partial charge in [-0.15, -0.1) is 0 Å². The predicted octanol–water partition coefficient (Wildman–Crippen LogP) is 3.79. The molecule has 1 fully saturated rings. The van der Waals surface area contributed by atoms with Crippen LogP contribution in [0.25, 0.3) is 17.0 Å². The summed E-state index contributed by atoms with van der Waals surface area (Å²) < 4.78 is 16.7. The molecule has 3 heterocycles. The Kier molecular flexibility index (Phi) is 5.13. The second-order valence-electron chi connectivity index (χ2n) is 6.85. The van der Waals surface area contributed by atoms with Crippen LogP contribution in [0.3, 0.4) is 0 Å². The summed E-state index contributed by atoms with van der Waals surface area (Å²) in [6, 6.07) is 14.6. The van der Waals surface area contributed by atoms with Gasteiger partial charge in [0.25, 0.3) is 11.8 Å². The monoisotopic (exact) mass is 452 g/mol. The van der Waals surface area contributed by atoms with E-state index in [0.29, 0.717) is 26.3 Å². The molecule has 1 N–H and O–H groups in total. The SMILES string of the molecule is O=C(NCCN1C(=O)/C(=C\c2ccc3c(c2)OCO3)SC1=S)c1cc2ccccc2o1. The van der Waals surface area contributed by atoms with Crippen molar-refractivity contribution in [1.82, 2.24) is 10.2 Å².